The molecule has 19 nitrogen and oxygen atoms in total. The standard InChI is InChI=1S/C16H18FN5O4.C13H13FN4O3.C4H8O.C3H5NO.CH4/c1-3-18-15(24)22-9-11(17)13(21-16(22)25)20-14(23)19-8-10-6-4-5-7-12(10)26-2;1-21-10-5-3-2-4-8(10)6-15-12(19)17-11-9(14)7-16-13(20)18-11;1-2-4-5-3-1;1-2-4-3-5;/h4-7,9H,3,8H2,1-2H3,(H,18,24)(H2,19,20,21,23,25);2-5,7H,6H2,1H3,(H3,15,16,17,18,19,20);1-4H2;2H2,1H3;1H4. The Labute approximate surface area is 332 Å². The summed E-state index contributed by atoms with van der Waals surface area (Å²) in [5, 5.41) is 11.7. The lowest BCUT2D eigenvalue weighted by Crippen LogP contribution is -2.38. The summed E-state index contributed by atoms with van der Waals surface area (Å²) in [5.41, 5.74) is -0.294. The first kappa shape index (κ1) is 49.0. The van der Waals surface area contributed by atoms with Crippen LogP contribution >= 0.6 is 0 Å². The van der Waals surface area contributed by atoms with Gasteiger partial charge in [-0.15, -0.1) is 0 Å². The van der Waals surface area contributed by atoms with E-state index in [-0.39, 0.29) is 32.9 Å². The van der Waals surface area contributed by atoms with E-state index in [2.05, 4.69) is 46.5 Å². The molecular weight excluding hydrogens is 766 g/mol. The Morgan fingerprint density at radius 2 is 1.43 bits per heavy atom. The third-order valence-corrected chi connectivity index (χ3v) is 6.98. The van der Waals surface area contributed by atoms with E-state index < -0.39 is 46.9 Å². The predicted octanol–water partition coefficient (Wildman–Crippen LogP) is 4.30. The van der Waals surface area contributed by atoms with Crippen molar-refractivity contribution in [3.05, 3.63) is 105 Å². The first-order valence-corrected chi connectivity index (χ1v) is 17.2. The molecule has 0 bridgehead atoms. The average Bonchev–Trinajstić information content (AvgIpc) is 3.81. The largest absolute Gasteiger partial charge is 0.496 e. The second kappa shape index (κ2) is 27.6. The van der Waals surface area contributed by atoms with Crippen molar-refractivity contribution in [3.8, 4) is 11.5 Å². The highest BCUT2D eigenvalue weighted by molar-refractivity contribution is 5.89. The molecule has 1 fully saturated rings. The Bertz CT molecular complexity index is 2060. The third-order valence-electron chi connectivity index (χ3n) is 6.98. The first-order chi connectivity index (χ1) is 27.5. The summed E-state index contributed by atoms with van der Waals surface area (Å²) < 4.78 is 43.1. The molecule has 5 rings (SSSR count). The lowest BCUT2D eigenvalue weighted by Gasteiger charge is -2.11. The molecule has 0 radical (unpaired) electrons. The summed E-state index contributed by atoms with van der Waals surface area (Å²) in [5.74, 6) is -1.56. The topological polar surface area (TPSA) is 249 Å². The quantitative estimate of drug-likeness (QED) is 0.0973. The number of aromatic nitrogens is 4. The minimum absolute atomic E-state index is 0. The minimum atomic E-state index is -1.02. The number of isocyanates is 1. The molecule has 6 N–H and O–H groups in total. The lowest BCUT2D eigenvalue weighted by atomic mass is 10.2. The number of methoxy groups -OCH3 is 2. The van der Waals surface area contributed by atoms with E-state index in [1.54, 1.807) is 62.4 Å². The molecule has 0 spiro atoms. The number of anilines is 2. The average molecular weight is 815 g/mol. The van der Waals surface area contributed by atoms with Gasteiger partial charge in [-0.1, -0.05) is 43.8 Å². The van der Waals surface area contributed by atoms with E-state index >= 15 is 0 Å². The number of para-hydroxylation sites is 2. The van der Waals surface area contributed by atoms with Gasteiger partial charge in [0.1, 0.15) is 11.5 Å². The fraction of sp³-hybridized carbons (Fsp3) is 0.351. The first-order valence-electron chi connectivity index (χ1n) is 17.2. The number of nitrogens with one attached hydrogen (secondary N) is 6. The molecule has 314 valence electrons. The molecule has 1 aliphatic rings. The Morgan fingerprint density at radius 1 is 0.879 bits per heavy atom. The van der Waals surface area contributed by atoms with Crippen molar-refractivity contribution < 1.29 is 42.2 Å². The van der Waals surface area contributed by atoms with E-state index in [4.69, 9.17) is 19.0 Å². The number of aliphatic imine (C=N–C) groups is 1. The zero-order valence-corrected chi connectivity index (χ0v) is 31.6. The van der Waals surface area contributed by atoms with Crippen LogP contribution in [0.2, 0.25) is 0 Å². The van der Waals surface area contributed by atoms with Gasteiger partial charge in [-0.2, -0.15) is 9.97 Å². The monoisotopic (exact) mass is 814 g/mol. The highest BCUT2D eigenvalue weighted by Crippen LogP contribution is 2.18. The van der Waals surface area contributed by atoms with Gasteiger partial charge in [0.15, 0.2) is 23.3 Å². The van der Waals surface area contributed by atoms with Crippen molar-refractivity contribution in [1.29, 1.82) is 0 Å². The van der Waals surface area contributed by atoms with Gasteiger partial charge >= 0.3 is 29.5 Å². The summed E-state index contributed by atoms with van der Waals surface area (Å²) in [6, 6.07) is 12.0. The van der Waals surface area contributed by atoms with E-state index in [9.17, 15) is 32.8 Å². The number of carbonyl (C=O) groups is 3. The summed E-state index contributed by atoms with van der Waals surface area (Å²) in [6.45, 7) is 6.54. The molecular formula is C37H48F2N10O9. The van der Waals surface area contributed by atoms with Gasteiger partial charge in [0.05, 0.1) is 26.6 Å². The second-order valence-corrected chi connectivity index (χ2v) is 11.0. The van der Waals surface area contributed by atoms with Gasteiger partial charge < -0.3 is 30.2 Å². The van der Waals surface area contributed by atoms with E-state index in [0.29, 0.717) is 34.4 Å². The van der Waals surface area contributed by atoms with Gasteiger partial charge in [-0.05, 0) is 38.8 Å². The number of nitrogens with zero attached hydrogens (tertiary/aromatic N) is 4. The Morgan fingerprint density at radius 3 is 1.90 bits per heavy atom. The van der Waals surface area contributed by atoms with Crippen LogP contribution in [-0.4, -0.2) is 84.2 Å². The van der Waals surface area contributed by atoms with Crippen LogP contribution in [0.3, 0.4) is 0 Å². The van der Waals surface area contributed by atoms with Gasteiger partial charge in [-0.3, -0.25) is 15.6 Å². The lowest BCUT2D eigenvalue weighted by molar-refractivity contribution is 0.198. The summed E-state index contributed by atoms with van der Waals surface area (Å²) in [6.07, 6.45) is 5.34. The minimum Gasteiger partial charge on any atom is -0.496 e. The number of carbonyl (C=O) groups excluding carboxylic acids is 4. The number of ether oxygens (including phenoxy) is 3. The van der Waals surface area contributed by atoms with Crippen molar-refractivity contribution in [1.82, 2.24) is 35.5 Å². The number of aromatic amines is 1. The smallest absolute Gasteiger partial charge is 0.358 e. The molecule has 3 heterocycles. The van der Waals surface area contributed by atoms with Crippen molar-refractivity contribution in [2.24, 2.45) is 4.99 Å². The molecule has 0 saturated carbocycles. The number of H-pyrrole nitrogens is 1. The summed E-state index contributed by atoms with van der Waals surface area (Å²) in [4.78, 5) is 78.9. The van der Waals surface area contributed by atoms with Gasteiger partial charge in [0, 0.05) is 50.5 Å². The summed E-state index contributed by atoms with van der Waals surface area (Å²) in [7, 11) is 3.03. The molecule has 21 heteroatoms. The van der Waals surface area contributed by atoms with Gasteiger partial charge in [-0.25, -0.2) is 47.1 Å². The van der Waals surface area contributed by atoms with Crippen molar-refractivity contribution in [2.75, 3.05) is 51.2 Å². The van der Waals surface area contributed by atoms with Crippen molar-refractivity contribution in [3.63, 3.8) is 0 Å². The SMILES string of the molecule is C.C1CCOC1.CCN=C=O.CCNC(=O)n1cc(F)c(NC(=O)NCc2ccccc2OC)nc1=O.COc1ccccc1CNC(=O)Nc1[nH]c(=O)ncc1F. The number of rotatable bonds is 10. The van der Waals surface area contributed by atoms with Crippen LogP contribution in [-0.2, 0) is 22.6 Å². The van der Waals surface area contributed by atoms with Crippen LogP contribution in [0.25, 0.3) is 0 Å². The number of hydrogen-bond donors (Lipinski definition) is 6. The fourth-order valence-electron chi connectivity index (χ4n) is 4.31. The fourth-order valence-corrected chi connectivity index (χ4v) is 4.31. The molecule has 0 atom stereocenters. The maximum Gasteiger partial charge on any atom is 0.358 e. The van der Waals surface area contributed by atoms with Crippen LogP contribution in [0.5, 0.6) is 11.5 Å². The molecule has 0 aliphatic carbocycles. The van der Waals surface area contributed by atoms with E-state index in [1.807, 2.05) is 0 Å². The van der Waals surface area contributed by atoms with Crippen LogP contribution in [0.1, 0.15) is 45.2 Å². The molecule has 2 aromatic carbocycles. The number of urea groups is 2. The van der Waals surface area contributed by atoms with Crippen LogP contribution in [0, 0.1) is 11.6 Å². The molecule has 5 amide bonds. The van der Waals surface area contributed by atoms with Crippen LogP contribution in [0.15, 0.2) is 75.5 Å². The molecule has 58 heavy (non-hydrogen) atoms. The molecule has 2 aromatic heterocycles. The number of amides is 5. The number of halogens is 2. The maximum atomic E-state index is 14.0. The summed E-state index contributed by atoms with van der Waals surface area (Å²) >= 11 is 0. The zero-order valence-electron chi connectivity index (χ0n) is 31.6. The Balaban J connectivity index is 0.000000466. The third kappa shape index (κ3) is 17.6. The van der Waals surface area contributed by atoms with Gasteiger partial charge in [0.2, 0.25) is 6.08 Å². The number of hydrogen-bond acceptors (Lipinski definition) is 12. The van der Waals surface area contributed by atoms with E-state index in [0.717, 1.165) is 25.0 Å². The Kier molecular flexibility index (Phi) is 23.3. The molecule has 1 aliphatic heterocycles. The molecule has 0 unspecified atom stereocenters. The Hall–Kier alpha value is -6.99. The normalized spacial score (nSPS) is 10.7. The van der Waals surface area contributed by atoms with Crippen LogP contribution < -0.4 is 47.4 Å². The number of benzene rings is 2. The van der Waals surface area contributed by atoms with Gasteiger partial charge in [0.25, 0.3) is 0 Å². The molecule has 4 aromatic rings. The van der Waals surface area contributed by atoms with E-state index in [1.165, 1.54) is 33.1 Å². The maximum absolute atomic E-state index is 14.0. The van der Waals surface area contributed by atoms with Crippen LogP contribution in [0.4, 0.5) is 34.8 Å². The molecule has 1 saturated heterocycles. The predicted molar refractivity (Wildman–Crippen MR) is 211 cm³/mol. The van der Waals surface area contributed by atoms with Crippen molar-refractivity contribution >= 4 is 35.8 Å². The highest BCUT2D eigenvalue weighted by atomic mass is 19.1. The second-order valence-electron chi connectivity index (χ2n) is 11.0. The van der Waals surface area contributed by atoms with Crippen molar-refractivity contribution in [2.45, 2.75) is 47.2 Å². The zero-order chi connectivity index (χ0) is 42.0. The highest BCUT2D eigenvalue weighted by Gasteiger charge is 2.15.